The molecule has 18 heavy (non-hydrogen) atoms. The van der Waals surface area contributed by atoms with Crippen LogP contribution < -0.4 is 9.47 Å². The second-order valence-electron chi connectivity index (χ2n) is 3.95. The summed E-state index contributed by atoms with van der Waals surface area (Å²) in [5.74, 6) is 0.475. The Bertz CT molecular complexity index is 455. The Morgan fingerprint density at radius 2 is 2.33 bits per heavy atom. The third-order valence-electron chi connectivity index (χ3n) is 2.85. The van der Waals surface area contributed by atoms with E-state index in [9.17, 15) is 9.90 Å². The highest BCUT2D eigenvalue weighted by molar-refractivity contribution is 5.77. The number of hydrogen-bond acceptors (Lipinski definition) is 5. The molecule has 1 aliphatic rings. The van der Waals surface area contributed by atoms with Crippen molar-refractivity contribution in [2.75, 3.05) is 20.3 Å². The van der Waals surface area contributed by atoms with E-state index in [1.165, 1.54) is 7.11 Å². The van der Waals surface area contributed by atoms with E-state index in [0.29, 0.717) is 23.7 Å². The zero-order chi connectivity index (χ0) is 13.1. The standard InChI is InChI=1S/C13H16O5/c1-3-17-13(15)12(14)9-7-10-8(4-5-18-10)6-11(9)16-2/h6-7,12,14H,3-5H2,1-2H3. The van der Waals surface area contributed by atoms with Crippen LogP contribution in [0, 0.1) is 0 Å². The molecule has 1 aromatic rings. The minimum absolute atomic E-state index is 0.222. The predicted molar refractivity (Wildman–Crippen MR) is 63.8 cm³/mol. The van der Waals surface area contributed by atoms with Crippen LogP contribution in [0.5, 0.6) is 11.5 Å². The van der Waals surface area contributed by atoms with Gasteiger partial charge in [0.25, 0.3) is 0 Å². The number of fused-ring (bicyclic) bond motifs is 1. The third-order valence-corrected chi connectivity index (χ3v) is 2.85. The molecule has 0 aliphatic carbocycles. The number of benzene rings is 1. The van der Waals surface area contributed by atoms with Crippen molar-refractivity contribution in [1.82, 2.24) is 0 Å². The first-order chi connectivity index (χ1) is 8.67. The summed E-state index contributed by atoms with van der Waals surface area (Å²) >= 11 is 0. The van der Waals surface area contributed by atoms with Crippen LogP contribution in [0.1, 0.15) is 24.2 Å². The fourth-order valence-electron chi connectivity index (χ4n) is 1.96. The normalized spacial score (nSPS) is 14.6. The molecule has 1 atom stereocenters. The van der Waals surface area contributed by atoms with Gasteiger partial charge < -0.3 is 19.3 Å². The molecule has 0 amide bonds. The molecule has 1 aliphatic heterocycles. The molecule has 0 bridgehead atoms. The predicted octanol–water partition coefficient (Wildman–Crippen LogP) is 1.23. The lowest BCUT2D eigenvalue weighted by Gasteiger charge is -2.15. The molecule has 0 saturated heterocycles. The molecule has 5 nitrogen and oxygen atoms in total. The van der Waals surface area contributed by atoms with Gasteiger partial charge in [-0.2, -0.15) is 0 Å². The van der Waals surface area contributed by atoms with Crippen LogP contribution in [0.2, 0.25) is 0 Å². The summed E-state index contributed by atoms with van der Waals surface area (Å²) in [6.07, 6.45) is -0.545. The molecule has 0 spiro atoms. The largest absolute Gasteiger partial charge is 0.496 e. The number of hydrogen-bond donors (Lipinski definition) is 1. The van der Waals surface area contributed by atoms with Crippen molar-refractivity contribution in [3.8, 4) is 11.5 Å². The van der Waals surface area contributed by atoms with Crippen molar-refractivity contribution in [2.24, 2.45) is 0 Å². The van der Waals surface area contributed by atoms with E-state index in [2.05, 4.69) is 0 Å². The summed E-state index contributed by atoms with van der Waals surface area (Å²) in [5, 5.41) is 9.95. The highest BCUT2D eigenvalue weighted by atomic mass is 16.5. The van der Waals surface area contributed by atoms with Crippen molar-refractivity contribution in [3.05, 3.63) is 23.3 Å². The van der Waals surface area contributed by atoms with Crippen molar-refractivity contribution >= 4 is 5.97 Å². The van der Waals surface area contributed by atoms with Crippen LogP contribution in [-0.2, 0) is 16.0 Å². The molecule has 0 saturated carbocycles. The number of carbonyl (C=O) groups excluding carboxylic acids is 1. The lowest BCUT2D eigenvalue weighted by molar-refractivity contribution is -0.153. The Labute approximate surface area is 105 Å². The monoisotopic (exact) mass is 252 g/mol. The first-order valence-electron chi connectivity index (χ1n) is 5.85. The van der Waals surface area contributed by atoms with Crippen molar-refractivity contribution < 1.29 is 24.1 Å². The average molecular weight is 252 g/mol. The topological polar surface area (TPSA) is 65.0 Å². The van der Waals surface area contributed by atoms with Crippen LogP contribution in [0.25, 0.3) is 0 Å². The fourth-order valence-corrected chi connectivity index (χ4v) is 1.96. The van der Waals surface area contributed by atoms with Gasteiger partial charge in [0.05, 0.1) is 20.3 Å². The third kappa shape index (κ3) is 2.26. The van der Waals surface area contributed by atoms with Gasteiger partial charge in [-0.1, -0.05) is 0 Å². The van der Waals surface area contributed by atoms with Gasteiger partial charge in [-0.25, -0.2) is 4.79 Å². The van der Waals surface area contributed by atoms with Crippen molar-refractivity contribution in [3.63, 3.8) is 0 Å². The Morgan fingerprint density at radius 3 is 3.00 bits per heavy atom. The van der Waals surface area contributed by atoms with Crippen molar-refractivity contribution in [1.29, 1.82) is 0 Å². The van der Waals surface area contributed by atoms with E-state index >= 15 is 0 Å². The number of esters is 1. The van der Waals surface area contributed by atoms with Gasteiger partial charge in [0.2, 0.25) is 0 Å². The molecule has 5 heteroatoms. The maximum absolute atomic E-state index is 11.5. The molecule has 2 rings (SSSR count). The minimum atomic E-state index is -1.35. The number of methoxy groups -OCH3 is 1. The second kappa shape index (κ2) is 5.27. The maximum Gasteiger partial charge on any atom is 0.339 e. The number of carbonyl (C=O) groups is 1. The molecule has 1 aromatic carbocycles. The van der Waals surface area contributed by atoms with Gasteiger partial charge in [-0.3, -0.25) is 0 Å². The van der Waals surface area contributed by atoms with Gasteiger partial charge in [-0.05, 0) is 19.1 Å². The van der Waals surface area contributed by atoms with Crippen LogP contribution in [0.4, 0.5) is 0 Å². The number of aliphatic hydroxyl groups excluding tert-OH is 1. The Morgan fingerprint density at radius 1 is 1.56 bits per heavy atom. The summed E-state index contributed by atoms with van der Waals surface area (Å²) < 4.78 is 15.4. The SMILES string of the molecule is CCOC(=O)C(O)c1cc2c(cc1OC)CCO2. The first-order valence-corrected chi connectivity index (χ1v) is 5.85. The van der Waals surface area contributed by atoms with Gasteiger partial charge >= 0.3 is 5.97 Å². The lowest BCUT2D eigenvalue weighted by atomic mass is 10.0. The zero-order valence-electron chi connectivity index (χ0n) is 10.4. The van der Waals surface area contributed by atoms with Gasteiger partial charge in [0.1, 0.15) is 11.5 Å². The summed E-state index contributed by atoms with van der Waals surface area (Å²) in [6, 6.07) is 3.43. The van der Waals surface area contributed by atoms with E-state index in [1.54, 1.807) is 19.1 Å². The van der Waals surface area contributed by atoms with Crippen LogP contribution >= 0.6 is 0 Å². The van der Waals surface area contributed by atoms with Crippen LogP contribution in [-0.4, -0.2) is 31.4 Å². The molecule has 98 valence electrons. The Kier molecular flexibility index (Phi) is 3.72. The van der Waals surface area contributed by atoms with E-state index in [4.69, 9.17) is 14.2 Å². The molecule has 0 radical (unpaired) electrons. The maximum atomic E-state index is 11.5. The van der Waals surface area contributed by atoms with Gasteiger partial charge in [0, 0.05) is 17.5 Å². The summed E-state index contributed by atoms with van der Waals surface area (Å²) in [4.78, 5) is 11.5. The van der Waals surface area contributed by atoms with Gasteiger partial charge in [0.15, 0.2) is 6.10 Å². The average Bonchev–Trinajstić information content (AvgIpc) is 2.83. The van der Waals surface area contributed by atoms with Crippen LogP contribution in [0.15, 0.2) is 12.1 Å². The quantitative estimate of drug-likeness (QED) is 0.816. The van der Waals surface area contributed by atoms with Crippen LogP contribution in [0.3, 0.4) is 0 Å². The molecule has 1 N–H and O–H groups in total. The van der Waals surface area contributed by atoms with E-state index in [1.807, 2.05) is 0 Å². The summed E-state index contributed by atoms with van der Waals surface area (Å²) in [7, 11) is 1.50. The van der Waals surface area contributed by atoms with E-state index in [-0.39, 0.29) is 6.61 Å². The Balaban J connectivity index is 2.34. The summed E-state index contributed by atoms with van der Waals surface area (Å²) in [6.45, 7) is 2.52. The number of ether oxygens (including phenoxy) is 3. The van der Waals surface area contributed by atoms with Crippen molar-refractivity contribution in [2.45, 2.75) is 19.4 Å². The molecule has 1 heterocycles. The first kappa shape index (κ1) is 12.7. The molecular weight excluding hydrogens is 236 g/mol. The molecular formula is C13H16O5. The fraction of sp³-hybridized carbons (Fsp3) is 0.462. The highest BCUT2D eigenvalue weighted by Gasteiger charge is 2.26. The zero-order valence-corrected chi connectivity index (χ0v) is 10.4. The number of aliphatic hydroxyl groups is 1. The molecule has 0 aromatic heterocycles. The minimum Gasteiger partial charge on any atom is -0.496 e. The smallest absolute Gasteiger partial charge is 0.339 e. The van der Waals surface area contributed by atoms with E-state index in [0.717, 1.165) is 12.0 Å². The summed E-state index contributed by atoms with van der Waals surface area (Å²) in [5.41, 5.74) is 1.39. The number of rotatable bonds is 4. The van der Waals surface area contributed by atoms with E-state index < -0.39 is 12.1 Å². The van der Waals surface area contributed by atoms with Gasteiger partial charge in [-0.15, -0.1) is 0 Å². The molecule has 1 unspecified atom stereocenters. The lowest BCUT2D eigenvalue weighted by Crippen LogP contribution is -2.16. The Hall–Kier alpha value is -1.75. The molecule has 0 fully saturated rings. The highest BCUT2D eigenvalue weighted by Crippen LogP contribution is 2.36. The second-order valence-corrected chi connectivity index (χ2v) is 3.95.